The van der Waals surface area contributed by atoms with Gasteiger partial charge in [0, 0.05) is 42.8 Å². The fraction of sp³-hybridized carbons (Fsp3) is 0.304. The number of carbonyl (C=O) groups excluding carboxylic acids is 1. The molecule has 1 N–H and O–H groups in total. The molecule has 150 valence electrons. The number of nitrogens with one attached hydrogen (secondary N) is 1. The first kappa shape index (κ1) is 19.6. The number of rotatable bonds is 5. The van der Waals surface area contributed by atoms with Crippen molar-refractivity contribution >= 4 is 28.1 Å². The molecule has 0 saturated carbocycles. The van der Waals surface area contributed by atoms with E-state index < -0.39 is 0 Å². The summed E-state index contributed by atoms with van der Waals surface area (Å²) >= 11 is 1.70. The molecular formula is C23H26N4OS. The fourth-order valence-corrected chi connectivity index (χ4v) is 4.52. The number of benzene rings is 2. The topological polar surface area (TPSA) is 48.5 Å². The molecule has 0 radical (unpaired) electrons. The molecule has 0 atom stereocenters. The Hall–Kier alpha value is -2.70. The summed E-state index contributed by atoms with van der Waals surface area (Å²) in [6.07, 6.45) is 1.03. The third kappa shape index (κ3) is 5.02. The van der Waals surface area contributed by atoms with Crippen molar-refractivity contribution in [3.63, 3.8) is 0 Å². The van der Waals surface area contributed by atoms with Crippen molar-refractivity contribution in [3.8, 4) is 11.1 Å². The van der Waals surface area contributed by atoms with Crippen LogP contribution in [0.3, 0.4) is 0 Å². The van der Waals surface area contributed by atoms with Crippen LogP contribution >= 0.6 is 11.3 Å². The Morgan fingerprint density at radius 3 is 2.62 bits per heavy atom. The van der Waals surface area contributed by atoms with Crippen LogP contribution in [0.1, 0.15) is 12.1 Å². The SMILES string of the molecule is Cc1csc(N2CCCN(CC(=O)Nc3ccccc3-c3ccccc3)CC2)n1. The molecule has 1 aliphatic rings. The molecule has 2 heterocycles. The minimum Gasteiger partial charge on any atom is -0.347 e. The van der Waals surface area contributed by atoms with Crippen molar-refractivity contribution in [2.24, 2.45) is 0 Å². The summed E-state index contributed by atoms with van der Waals surface area (Å²) in [6, 6.07) is 18.1. The summed E-state index contributed by atoms with van der Waals surface area (Å²) in [5, 5.41) is 6.30. The zero-order valence-corrected chi connectivity index (χ0v) is 17.5. The number of para-hydroxylation sites is 1. The number of amides is 1. The number of thiazole rings is 1. The molecule has 6 heteroatoms. The van der Waals surface area contributed by atoms with Crippen LogP contribution in [-0.4, -0.2) is 48.5 Å². The third-order valence-electron chi connectivity index (χ3n) is 5.12. The molecule has 5 nitrogen and oxygen atoms in total. The summed E-state index contributed by atoms with van der Waals surface area (Å²) in [6.45, 7) is 6.12. The van der Waals surface area contributed by atoms with E-state index in [4.69, 9.17) is 0 Å². The lowest BCUT2D eigenvalue weighted by molar-refractivity contribution is -0.117. The maximum Gasteiger partial charge on any atom is 0.238 e. The Bertz CT molecular complexity index is 956. The van der Waals surface area contributed by atoms with Gasteiger partial charge >= 0.3 is 0 Å². The molecule has 1 amide bonds. The highest BCUT2D eigenvalue weighted by Gasteiger charge is 2.19. The largest absolute Gasteiger partial charge is 0.347 e. The van der Waals surface area contributed by atoms with Crippen LogP contribution in [-0.2, 0) is 4.79 Å². The van der Waals surface area contributed by atoms with Crippen LogP contribution in [0.2, 0.25) is 0 Å². The van der Waals surface area contributed by atoms with E-state index in [1.165, 1.54) is 0 Å². The zero-order valence-electron chi connectivity index (χ0n) is 16.7. The van der Waals surface area contributed by atoms with E-state index in [1.54, 1.807) is 11.3 Å². The second kappa shape index (κ2) is 9.20. The minimum absolute atomic E-state index is 0.0342. The van der Waals surface area contributed by atoms with Crippen molar-refractivity contribution in [1.82, 2.24) is 9.88 Å². The first-order chi connectivity index (χ1) is 14.2. The van der Waals surface area contributed by atoms with Crippen molar-refractivity contribution in [3.05, 3.63) is 65.7 Å². The maximum atomic E-state index is 12.8. The van der Waals surface area contributed by atoms with Crippen molar-refractivity contribution in [2.45, 2.75) is 13.3 Å². The molecule has 1 fully saturated rings. The summed E-state index contributed by atoms with van der Waals surface area (Å²) in [5.41, 5.74) is 4.08. The van der Waals surface area contributed by atoms with Crippen LogP contribution in [0, 0.1) is 6.92 Å². The van der Waals surface area contributed by atoms with Gasteiger partial charge in [0.15, 0.2) is 5.13 Å². The second-order valence-corrected chi connectivity index (χ2v) is 8.18. The van der Waals surface area contributed by atoms with Gasteiger partial charge in [0.05, 0.1) is 12.2 Å². The molecule has 1 saturated heterocycles. The summed E-state index contributed by atoms with van der Waals surface area (Å²) < 4.78 is 0. The van der Waals surface area contributed by atoms with Crippen LogP contribution < -0.4 is 10.2 Å². The smallest absolute Gasteiger partial charge is 0.238 e. The van der Waals surface area contributed by atoms with E-state index >= 15 is 0 Å². The van der Waals surface area contributed by atoms with Gasteiger partial charge in [0.1, 0.15) is 0 Å². The fourth-order valence-electron chi connectivity index (χ4n) is 3.66. The summed E-state index contributed by atoms with van der Waals surface area (Å²) in [5.74, 6) is 0.0342. The minimum atomic E-state index is 0.0342. The summed E-state index contributed by atoms with van der Waals surface area (Å²) in [7, 11) is 0. The van der Waals surface area contributed by atoms with Crippen LogP contribution in [0.25, 0.3) is 11.1 Å². The predicted molar refractivity (Wildman–Crippen MR) is 121 cm³/mol. The molecule has 0 spiro atoms. The van der Waals surface area contributed by atoms with Crippen molar-refractivity contribution < 1.29 is 4.79 Å². The molecule has 0 aliphatic carbocycles. The molecular weight excluding hydrogens is 380 g/mol. The molecule has 0 unspecified atom stereocenters. The van der Waals surface area contributed by atoms with E-state index in [0.29, 0.717) is 6.54 Å². The van der Waals surface area contributed by atoms with Crippen LogP contribution in [0.5, 0.6) is 0 Å². The van der Waals surface area contributed by atoms with E-state index in [-0.39, 0.29) is 5.91 Å². The van der Waals surface area contributed by atoms with Gasteiger partial charge in [-0.2, -0.15) is 0 Å². The van der Waals surface area contributed by atoms with Crippen LogP contribution in [0.4, 0.5) is 10.8 Å². The Balaban J connectivity index is 1.37. The first-order valence-electron chi connectivity index (χ1n) is 10.0. The Labute approximate surface area is 176 Å². The molecule has 4 rings (SSSR count). The molecule has 0 bridgehead atoms. The van der Waals surface area contributed by atoms with Gasteiger partial charge in [-0.25, -0.2) is 4.98 Å². The molecule has 2 aromatic carbocycles. The Morgan fingerprint density at radius 2 is 1.83 bits per heavy atom. The lowest BCUT2D eigenvalue weighted by Gasteiger charge is -2.21. The van der Waals surface area contributed by atoms with Gasteiger partial charge in [-0.15, -0.1) is 11.3 Å². The lowest BCUT2D eigenvalue weighted by atomic mass is 10.0. The van der Waals surface area contributed by atoms with Crippen molar-refractivity contribution in [1.29, 1.82) is 0 Å². The highest BCUT2D eigenvalue weighted by molar-refractivity contribution is 7.13. The van der Waals surface area contributed by atoms with Gasteiger partial charge in [0.25, 0.3) is 0 Å². The summed E-state index contributed by atoms with van der Waals surface area (Å²) in [4.78, 5) is 21.9. The number of anilines is 2. The van der Waals surface area contributed by atoms with Crippen LogP contribution in [0.15, 0.2) is 60.0 Å². The quantitative estimate of drug-likeness (QED) is 0.687. The average molecular weight is 407 g/mol. The average Bonchev–Trinajstić information content (AvgIpc) is 3.04. The molecule has 29 heavy (non-hydrogen) atoms. The number of hydrogen-bond acceptors (Lipinski definition) is 5. The first-order valence-corrected chi connectivity index (χ1v) is 10.9. The van der Waals surface area contributed by atoms with E-state index in [9.17, 15) is 4.79 Å². The lowest BCUT2D eigenvalue weighted by Crippen LogP contribution is -2.36. The van der Waals surface area contributed by atoms with Gasteiger partial charge < -0.3 is 10.2 Å². The molecule has 1 aliphatic heterocycles. The van der Waals surface area contributed by atoms with E-state index in [0.717, 1.165) is 60.2 Å². The predicted octanol–water partition coefficient (Wildman–Crippen LogP) is 4.27. The maximum absolute atomic E-state index is 12.8. The Kier molecular flexibility index (Phi) is 6.22. The van der Waals surface area contributed by atoms with Gasteiger partial charge in [-0.05, 0) is 25.0 Å². The number of aryl methyl sites for hydroxylation is 1. The number of carbonyl (C=O) groups is 1. The normalized spacial score (nSPS) is 15.1. The van der Waals surface area contributed by atoms with Gasteiger partial charge in [0.2, 0.25) is 5.91 Å². The highest BCUT2D eigenvalue weighted by atomic mass is 32.1. The Morgan fingerprint density at radius 1 is 1.03 bits per heavy atom. The van der Waals surface area contributed by atoms with Gasteiger partial charge in [-0.1, -0.05) is 48.5 Å². The third-order valence-corrected chi connectivity index (χ3v) is 6.14. The second-order valence-electron chi connectivity index (χ2n) is 7.35. The molecule has 3 aromatic rings. The van der Waals surface area contributed by atoms with Gasteiger partial charge in [-0.3, -0.25) is 9.69 Å². The van der Waals surface area contributed by atoms with E-state index in [2.05, 4.69) is 37.6 Å². The number of hydrogen-bond donors (Lipinski definition) is 1. The molecule has 1 aromatic heterocycles. The monoisotopic (exact) mass is 406 g/mol. The highest BCUT2D eigenvalue weighted by Crippen LogP contribution is 2.27. The van der Waals surface area contributed by atoms with E-state index in [1.807, 2.05) is 49.4 Å². The zero-order chi connectivity index (χ0) is 20.1. The number of aromatic nitrogens is 1. The standard InChI is InChI=1S/C23H26N4OS/c1-18-17-29-23(24-18)27-13-7-12-26(14-15-27)16-22(28)25-21-11-6-5-10-20(21)19-8-3-2-4-9-19/h2-6,8-11,17H,7,12-16H2,1H3,(H,25,28). The van der Waals surface area contributed by atoms with Crippen molar-refractivity contribution in [2.75, 3.05) is 42.9 Å². The number of nitrogens with zero attached hydrogens (tertiary/aromatic N) is 3.